The fourth-order valence-corrected chi connectivity index (χ4v) is 2.50. The number of anilines is 1. The Hall–Kier alpha value is -3.48. The largest absolute Gasteiger partial charge is 0.462 e. The molecule has 0 unspecified atom stereocenters. The zero-order valence-electron chi connectivity index (χ0n) is 13.8. The van der Waals surface area contributed by atoms with Crippen LogP contribution in [0.5, 0.6) is 0 Å². The summed E-state index contributed by atoms with van der Waals surface area (Å²) < 4.78 is 18.6. The van der Waals surface area contributed by atoms with Crippen molar-refractivity contribution in [2.45, 2.75) is 6.92 Å². The highest BCUT2D eigenvalue weighted by molar-refractivity contribution is 6.05. The molecule has 0 aliphatic heterocycles. The number of rotatable bonds is 4. The molecule has 3 rings (SSSR count). The highest BCUT2D eigenvalue weighted by atomic mass is 19.1. The standard InChI is InChI=1S/C19H15FN2O4/c1-2-26-19(25)14-10-21-16-8-7-11(9-13(16)17(14)23)22-18(24)12-5-3-4-6-15(12)20/h3-10H,2H2,1H3,(H,21,23)(H,22,24). The first-order chi connectivity index (χ1) is 12.5. The molecule has 0 spiro atoms. The fourth-order valence-electron chi connectivity index (χ4n) is 2.50. The number of carbonyl (C=O) groups excluding carboxylic acids is 2. The lowest BCUT2D eigenvalue weighted by atomic mass is 10.1. The van der Waals surface area contributed by atoms with E-state index in [1.165, 1.54) is 30.5 Å². The first-order valence-electron chi connectivity index (χ1n) is 7.89. The third-order valence-electron chi connectivity index (χ3n) is 3.75. The molecule has 6 nitrogen and oxygen atoms in total. The summed E-state index contributed by atoms with van der Waals surface area (Å²) in [5.74, 6) is -2.01. The van der Waals surface area contributed by atoms with Crippen molar-refractivity contribution >= 4 is 28.5 Å². The van der Waals surface area contributed by atoms with Gasteiger partial charge in [0.15, 0.2) is 0 Å². The maximum absolute atomic E-state index is 13.7. The van der Waals surface area contributed by atoms with Crippen molar-refractivity contribution in [1.29, 1.82) is 0 Å². The van der Waals surface area contributed by atoms with E-state index in [9.17, 15) is 18.8 Å². The Labute approximate surface area is 147 Å². The van der Waals surface area contributed by atoms with Gasteiger partial charge in [0.1, 0.15) is 11.4 Å². The summed E-state index contributed by atoms with van der Waals surface area (Å²) in [6.45, 7) is 1.79. The van der Waals surface area contributed by atoms with Crippen LogP contribution in [-0.4, -0.2) is 23.5 Å². The summed E-state index contributed by atoms with van der Waals surface area (Å²) in [7, 11) is 0. The van der Waals surface area contributed by atoms with E-state index in [1.54, 1.807) is 25.1 Å². The second kappa shape index (κ2) is 7.18. The molecule has 1 heterocycles. The van der Waals surface area contributed by atoms with Gasteiger partial charge in [-0.25, -0.2) is 9.18 Å². The molecular weight excluding hydrogens is 339 g/mol. The van der Waals surface area contributed by atoms with Gasteiger partial charge in [0.2, 0.25) is 5.43 Å². The Morgan fingerprint density at radius 2 is 1.92 bits per heavy atom. The topological polar surface area (TPSA) is 88.3 Å². The molecule has 0 aliphatic carbocycles. The average molecular weight is 354 g/mol. The number of esters is 1. The SMILES string of the molecule is CCOC(=O)c1c[nH]c2ccc(NC(=O)c3ccccc3F)cc2c1=O. The van der Waals surface area contributed by atoms with E-state index in [2.05, 4.69) is 10.3 Å². The number of aromatic amines is 1. The van der Waals surface area contributed by atoms with Gasteiger partial charge in [-0.15, -0.1) is 0 Å². The quantitative estimate of drug-likeness (QED) is 0.705. The molecule has 0 saturated carbocycles. The summed E-state index contributed by atoms with van der Waals surface area (Å²) in [5.41, 5.74) is 0.0436. The maximum atomic E-state index is 13.7. The third kappa shape index (κ3) is 3.32. The lowest BCUT2D eigenvalue weighted by Crippen LogP contribution is -2.18. The molecule has 7 heteroatoms. The van der Waals surface area contributed by atoms with E-state index in [4.69, 9.17) is 4.74 Å². The Morgan fingerprint density at radius 1 is 1.15 bits per heavy atom. The minimum absolute atomic E-state index is 0.109. The number of benzene rings is 2. The van der Waals surface area contributed by atoms with Gasteiger partial charge in [-0.3, -0.25) is 9.59 Å². The number of hydrogen-bond donors (Lipinski definition) is 2. The van der Waals surface area contributed by atoms with E-state index in [-0.39, 0.29) is 23.1 Å². The fraction of sp³-hybridized carbons (Fsp3) is 0.105. The van der Waals surface area contributed by atoms with Gasteiger partial charge in [-0.05, 0) is 37.3 Å². The second-order valence-electron chi connectivity index (χ2n) is 5.45. The molecule has 2 aromatic carbocycles. The zero-order valence-corrected chi connectivity index (χ0v) is 13.8. The predicted octanol–water partition coefficient (Wildman–Crippen LogP) is 3.10. The van der Waals surface area contributed by atoms with Crippen molar-refractivity contribution in [3.8, 4) is 0 Å². The van der Waals surface area contributed by atoms with Crippen molar-refractivity contribution < 1.29 is 18.7 Å². The van der Waals surface area contributed by atoms with Crippen LogP contribution in [0, 0.1) is 5.82 Å². The van der Waals surface area contributed by atoms with Crippen LogP contribution in [0.15, 0.2) is 53.5 Å². The third-order valence-corrected chi connectivity index (χ3v) is 3.75. The minimum Gasteiger partial charge on any atom is -0.462 e. The summed E-state index contributed by atoms with van der Waals surface area (Å²) in [5, 5.41) is 2.75. The number of amides is 1. The summed E-state index contributed by atoms with van der Waals surface area (Å²) in [4.78, 5) is 39.4. The number of aromatic nitrogens is 1. The smallest absolute Gasteiger partial charge is 0.343 e. The van der Waals surface area contributed by atoms with Crippen LogP contribution in [0.3, 0.4) is 0 Å². The molecular formula is C19H15FN2O4. The number of pyridine rings is 1. The number of hydrogen-bond acceptors (Lipinski definition) is 4. The number of carbonyl (C=O) groups is 2. The van der Waals surface area contributed by atoms with Crippen molar-refractivity contribution in [2.24, 2.45) is 0 Å². The van der Waals surface area contributed by atoms with E-state index in [0.29, 0.717) is 11.2 Å². The van der Waals surface area contributed by atoms with Gasteiger partial charge < -0.3 is 15.0 Å². The number of halogens is 1. The Morgan fingerprint density at radius 3 is 2.65 bits per heavy atom. The second-order valence-corrected chi connectivity index (χ2v) is 5.45. The molecule has 0 bridgehead atoms. The molecule has 0 saturated heterocycles. The predicted molar refractivity (Wildman–Crippen MR) is 94.9 cm³/mol. The van der Waals surface area contributed by atoms with Crippen molar-refractivity contribution in [3.05, 3.63) is 75.8 Å². The van der Waals surface area contributed by atoms with Crippen LogP contribution in [0.1, 0.15) is 27.6 Å². The van der Waals surface area contributed by atoms with Gasteiger partial charge in [0.25, 0.3) is 5.91 Å². The first kappa shape index (κ1) is 17.3. The van der Waals surface area contributed by atoms with Gasteiger partial charge in [-0.1, -0.05) is 12.1 Å². The van der Waals surface area contributed by atoms with E-state index in [1.807, 2.05) is 0 Å². The number of fused-ring (bicyclic) bond motifs is 1. The van der Waals surface area contributed by atoms with Crippen molar-refractivity contribution in [2.75, 3.05) is 11.9 Å². The zero-order chi connectivity index (χ0) is 18.7. The van der Waals surface area contributed by atoms with Crippen molar-refractivity contribution in [3.63, 3.8) is 0 Å². The van der Waals surface area contributed by atoms with E-state index < -0.39 is 23.1 Å². The molecule has 1 amide bonds. The molecule has 26 heavy (non-hydrogen) atoms. The van der Waals surface area contributed by atoms with Gasteiger partial charge in [0, 0.05) is 22.8 Å². The van der Waals surface area contributed by atoms with Crippen LogP contribution >= 0.6 is 0 Å². The van der Waals surface area contributed by atoms with Crippen LogP contribution in [0.4, 0.5) is 10.1 Å². The summed E-state index contributed by atoms with van der Waals surface area (Å²) in [6, 6.07) is 10.2. The van der Waals surface area contributed by atoms with Crippen LogP contribution < -0.4 is 10.7 Å². The molecule has 132 valence electrons. The monoisotopic (exact) mass is 354 g/mol. The van der Waals surface area contributed by atoms with E-state index in [0.717, 1.165) is 0 Å². The highest BCUT2D eigenvalue weighted by Gasteiger charge is 2.15. The molecule has 0 radical (unpaired) electrons. The van der Waals surface area contributed by atoms with Crippen LogP contribution in [0.2, 0.25) is 0 Å². The van der Waals surface area contributed by atoms with Crippen LogP contribution in [-0.2, 0) is 4.74 Å². The lowest BCUT2D eigenvalue weighted by Gasteiger charge is -2.08. The molecule has 2 N–H and O–H groups in total. The molecule has 3 aromatic rings. The van der Waals surface area contributed by atoms with Gasteiger partial charge in [0.05, 0.1) is 12.2 Å². The number of ether oxygens (including phenoxy) is 1. The lowest BCUT2D eigenvalue weighted by molar-refractivity contribution is 0.0524. The molecule has 0 fully saturated rings. The minimum atomic E-state index is -0.726. The highest BCUT2D eigenvalue weighted by Crippen LogP contribution is 2.17. The molecule has 0 aliphatic rings. The summed E-state index contributed by atoms with van der Waals surface area (Å²) >= 11 is 0. The Kier molecular flexibility index (Phi) is 4.79. The summed E-state index contributed by atoms with van der Waals surface area (Å²) in [6.07, 6.45) is 1.29. The molecule has 1 aromatic heterocycles. The van der Waals surface area contributed by atoms with Gasteiger partial charge >= 0.3 is 5.97 Å². The Bertz CT molecular complexity index is 1060. The van der Waals surface area contributed by atoms with Crippen LogP contribution in [0.25, 0.3) is 10.9 Å². The average Bonchev–Trinajstić information content (AvgIpc) is 2.63. The molecule has 0 atom stereocenters. The van der Waals surface area contributed by atoms with Crippen molar-refractivity contribution in [1.82, 2.24) is 4.98 Å². The van der Waals surface area contributed by atoms with Gasteiger partial charge in [-0.2, -0.15) is 0 Å². The first-order valence-corrected chi connectivity index (χ1v) is 7.89. The van der Waals surface area contributed by atoms with E-state index >= 15 is 0 Å². The number of H-pyrrole nitrogens is 1. The Balaban J connectivity index is 1.97. The number of nitrogens with one attached hydrogen (secondary N) is 2. The maximum Gasteiger partial charge on any atom is 0.343 e. The normalized spacial score (nSPS) is 10.5.